The summed E-state index contributed by atoms with van der Waals surface area (Å²) in [6, 6.07) is 11.1. The van der Waals surface area contributed by atoms with Gasteiger partial charge < -0.3 is 10.0 Å². The Balaban J connectivity index is 1.67. The van der Waals surface area contributed by atoms with Crippen molar-refractivity contribution in [2.45, 2.75) is 26.0 Å². The standard InChI is InChI=1S/C23H22F2N4O2/c1-16-19(14-27-29(16)23(24)25)9-8-18-10-20(13-26-12-18)22(31)28(2)15-21(30)11-17-6-4-3-5-7-17/h3-7,10,12-14,21,23,30H,11,15H2,1-2H3. The van der Waals surface area contributed by atoms with E-state index < -0.39 is 12.7 Å². The average Bonchev–Trinajstić information content (AvgIpc) is 3.13. The number of aromatic nitrogens is 3. The van der Waals surface area contributed by atoms with E-state index in [1.54, 1.807) is 13.1 Å². The van der Waals surface area contributed by atoms with E-state index in [-0.39, 0.29) is 18.1 Å². The van der Waals surface area contributed by atoms with Crippen molar-refractivity contribution < 1.29 is 18.7 Å². The summed E-state index contributed by atoms with van der Waals surface area (Å²) in [5.41, 5.74) is 2.41. The summed E-state index contributed by atoms with van der Waals surface area (Å²) < 4.78 is 26.2. The van der Waals surface area contributed by atoms with Gasteiger partial charge in [0.2, 0.25) is 0 Å². The van der Waals surface area contributed by atoms with Gasteiger partial charge in [-0.2, -0.15) is 13.9 Å². The van der Waals surface area contributed by atoms with Crippen molar-refractivity contribution in [1.82, 2.24) is 19.7 Å². The molecule has 0 saturated carbocycles. The van der Waals surface area contributed by atoms with Crippen LogP contribution in [0.15, 0.2) is 55.0 Å². The highest BCUT2D eigenvalue weighted by atomic mass is 19.3. The van der Waals surface area contributed by atoms with E-state index in [2.05, 4.69) is 21.9 Å². The topological polar surface area (TPSA) is 71.2 Å². The molecule has 0 aliphatic carbocycles. The van der Waals surface area contributed by atoms with Crippen LogP contribution in [-0.2, 0) is 6.42 Å². The lowest BCUT2D eigenvalue weighted by molar-refractivity contribution is 0.0544. The largest absolute Gasteiger partial charge is 0.391 e. The number of pyridine rings is 1. The quantitative estimate of drug-likeness (QED) is 0.618. The molecule has 1 aromatic carbocycles. The van der Waals surface area contributed by atoms with Crippen LogP contribution in [0.1, 0.15) is 39.3 Å². The molecule has 1 unspecified atom stereocenters. The number of nitrogens with zero attached hydrogens (tertiary/aromatic N) is 4. The van der Waals surface area contributed by atoms with Crippen molar-refractivity contribution in [2.75, 3.05) is 13.6 Å². The third-order valence-corrected chi connectivity index (χ3v) is 4.70. The first-order valence-electron chi connectivity index (χ1n) is 9.62. The Morgan fingerprint density at radius 3 is 2.61 bits per heavy atom. The third kappa shape index (κ3) is 5.74. The van der Waals surface area contributed by atoms with E-state index in [1.807, 2.05) is 30.3 Å². The van der Waals surface area contributed by atoms with Crippen LogP contribution in [-0.4, -0.2) is 50.4 Å². The summed E-state index contributed by atoms with van der Waals surface area (Å²) in [6.45, 7) is -1.06. The number of carbonyl (C=O) groups is 1. The number of hydrogen-bond acceptors (Lipinski definition) is 4. The zero-order chi connectivity index (χ0) is 22.4. The van der Waals surface area contributed by atoms with Crippen molar-refractivity contribution in [3.8, 4) is 11.8 Å². The first-order chi connectivity index (χ1) is 14.8. The predicted octanol–water partition coefficient (Wildman–Crippen LogP) is 3.06. The van der Waals surface area contributed by atoms with Gasteiger partial charge >= 0.3 is 6.55 Å². The highest BCUT2D eigenvalue weighted by Crippen LogP contribution is 2.15. The molecule has 0 spiro atoms. The van der Waals surface area contributed by atoms with Crippen LogP contribution in [0.2, 0.25) is 0 Å². The molecule has 3 aromatic rings. The van der Waals surface area contributed by atoms with Gasteiger partial charge in [-0.05, 0) is 18.6 Å². The van der Waals surface area contributed by atoms with E-state index in [0.29, 0.717) is 27.8 Å². The molecule has 2 heterocycles. The van der Waals surface area contributed by atoms with Gasteiger partial charge in [0.1, 0.15) is 0 Å². The third-order valence-electron chi connectivity index (χ3n) is 4.70. The van der Waals surface area contributed by atoms with E-state index in [4.69, 9.17) is 0 Å². The number of hydrogen-bond donors (Lipinski definition) is 1. The molecule has 1 amide bonds. The summed E-state index contributed by atoms with van der Waals surface area (Å²) >= 11 is 0. The van der Waals surface area contributed by atoms with Crippen molar-refractivity contribution in [3.05, 3.63) is 82.9 Å². The molecule has 0 radical (unpaired) electrons. The van der Waals surface area contributed by atoms with Crippen molar-refractivity contribution in [2.24, 2.45) is 0 Å². The summed E-state index contributed by atoms with van der Waals surface area (Å²) in [5.74, 6) is 5.32. The molecule has 0 bridgehead atoms. The first kappa shape index (κ1) is 22.1. The van der Waals surface area contributed by atoms with Crippen LogP contribution in [0.25, 0.3) is 0 Å². The van der Waals surface area contributed by atoms with Gasteiger partial charge in [-0.15, -0.1) is 0 Å². The molecule has 3 rings (SSSR count). The minimum absolute atomic E-state index is 0.162. The van der Waals surface area contributed by atoms with E-state index in [1.165, 1.54) is 30.4 Å². The number of halogens is 2. The summed E-state index contributed by atoms with van der Waals surface area (Å²) in [6.07, 6.45) is 3.92. The monoisotopic (exact) mass is 424 g/mol. The normalized spacial score (nSPS) is 11.7. The minimum Gasteiger partial charge on any atom is -0.391 e. The summed E-state index contributed by atoms with van der Waals surface area (Å²) in [5, 5.41) is 13.9. The van der Waals surface area contributed by atoms with Crippen LogP contribution in [0.5, 0.6) is 0 Å². The smallest absolute Gasteiger partial charge is 0.333 e. The molecular weight excluding hydrogens is 402 g/mol. The van der Waals surface area contributed by atoms with Crippen LogP contribution in [0.4, 0.5) is 8.78 Å². The highest BCUT2D eigenvalue weighted by molar-refractivity contribution is 5.94. The molecule has 0 saturated heterocycles. The second-order valence-electron chi connectivity index (χ2n) is 7.11. The van der Waals surface area contributed by atoms with Gasteiger partial charge in [0.05, 0.1) is 29.1 Å². The average molecular weight is 424 g/mol. The Kier molecular flexibility index (Phi) is 7.11. The predicted molar refractivity (Wildman–Crippen MR) is 112 cm³/mol. The molecule has 31 heavy (non-hydrogen) atoms. The van der Waals surface area contributed by atoms with E-state index in [9.17, 15) is 18.7 Å². The Hall–Kier alpha value is -3.57. The van der Waals surface area contributed by atoms with Crippen LogP contribution < -0.4 is 0 Å². The number of alkyl halides is 2. The zero-order valence-electron chi connectivity index (χ0n) is 17.2. The van der Waals surface area contributed by atoms with Gasteiger partial charge in [-0.25, -0.2) is 4.68 Å². The Bertz CT molecular complexity index is 1100. The van der Waals surface area contributed by atoms with E-state index >= 15 is 0 Å². The second-order valence-corrected chi connectivity index (χ2v) is 7.11. The number of likely N-dealkylation sites (N-methyl/N-ethyl adjacent to an activating group) is 1. The SMILES string of the molecule is Cc1c(C#Cc2cncc(C(=O)N(C)CC(O)Cc3ccccc3)c2)cnn1C(F)F. The Labute approximate surface area is 179 Å². The van der Waals surface area contributed by atoms with Gasteiger partial charge in [-0.3, -0.25) is 9.78 Å². The first-order valence-corrected chi connectivity index (χ1v) is 9.62. The molecule has 0 fully saturated rings. The fraction of sp³-hybridized carbons (Fsp3) is 0.261. The number of amides is 1. The minimum atomic E-state index is -2.73. The summed E-state index contributed by atoms with van der Waals surface area (Å²) in [4.78, 5) is 18.2. The molecule has 0 aliphatic rings. The fourth-order valence-corrected chi connectivity index (χ4v) is 3.08. The Morgan fingerprint density at radius 2 is 1.94 bits per heavy atom. The molecule has 160 valence electrons. The van der Waals surface area contributed by atoms with Crippen LogP contribution >= 0.6 is 0 Å². The lowest BCUT2D eigenvalue weighted by Gasteiger charge is -2.21. The number of rotatable bonds is 6. The van der Waals surface area contributed by atoms with Gasteiger partial charge in [0.15, 0.2) is 0 Å². The van der Waals surface area contributed by atoms with Gasteiger partial charge in [0, 0.05) is 38.0 Å². The second kappa shape index (κ2) is 9.96. The number of carbonyl (C=O) groups excluding carboxylic acids is 1. The molecular formula is C23H22F2N4O2. The highest BCUT2D eigenvalue weighted by Gasteiger charge is 2.17. The molecule has 1 N–H and O–H groups in total. The molecule has 0 aliphatic heterocycles. The van der Waals surface area contributed by atoms with E-state index in [0.717, 1.165) is 5.56 Å². The van der Waals surface area contributed by atoms with Gasteiger partial charge in [-0.1, -0.05) is 42.2 Å². The number of benzene rings is 1. The molecule has 1 atom stereocenters. The van der Waals surface area contributed by atoms with Crippen LogP contribution in [0.3, 0.4) is 0 Å². The summed E-state index contributed by atoms with van der Waals surface area (Å²) in [7, 11) is 1.61. The molecule has 2 aromatic heterocycles. The van der Waals surface area contributed by atoms with Gasteiger partial charge in [0.25, 0.3) is 5.91 Å². The lowest BCUT2D eigenvalue weighted by Crippen LogP contribution is -2.35. The van der Waals surface area contributed by atoms with Crippen molar-refractivity contribution in [1.29, 1.82) is 0 Å². The zero-order valence-corrected chi connectivity index (χ0v) is 17.2. The molecule has 8 heteroatoms. The Morgan fingerprint density at radius 1 is 1.19 bits per heavy atom. The number of aliphatic hydroxyl groups is 1. The van der Waals surface area contributed by atoms with Crippen molar-refractivity contribution in [3.63, 3.8) is 0 Å². The molecule has 6 nitrogen and oxygen atoms in total. The fourth-order valence-electron chi connectivity index (χ4n) is 3.08. The number of aliphatic hydroxyl groups excluding tert-OH is 1. The maximum absolute atomic E-state index is 12.8. The van der Waals surface area contributed by atoms with Crippen molar-refractivity contribution >= 4 is 5.91 Å². The maximum atomic E-state index is 12.8. The van der Waals surface area contributed by atoms with Crippen LogP contribution in [0, 0.1) is 18.8 Å². The maximum Gasteiger partial charge on any atom is 0.333 e. The lowest BCUT2D eigenvalue weighted by atomic mass is 10.1.